The molecule has 1 heterocycles. The quantitative estimate of drug-likeness (QED) is 0.247. The Balaban J connectivity index is 0.000000465. The van der Waals surface area contributed by atoms with Gasteiger partial charge in [-0.1, -0.05) is 69.0 Å². The van der Waals surface area contributed by atoms with Crippen LogP contribution in [-0.4, -0.2) is 59.5 Å². The maximum absolute atomic E-state index is 14.9. The second-order valence-electron chi connectivity index (χ2n) is 13.1. The molecule has 262 valence electrons. The number of nitrogens with zero attached hydrogens (tertiary/aromatic N) is 1. The van der Waals surface area contributed by atoms with Crippen molar-refractivity contribution in [2.45, 2.75) is 94.6 Å². The lowest BCUT2D eigenvalue weighted by Gasteiger charge is -2.34. The first-order valence-corrected chi connectivity index (χ1v) is 15.5. The van der Waals surface area contributed by atoms with E-state index in [-0.39, 0.29) is 48.7 Å². The Morgan fingerprint density at radius 2 is 1.49 bits per heavy atom. The molecule has 0 bridgehead atoms. The molecule has 2 aliphatic carbocycles. The Bertz CT molecular complexity index is 1330. The molecule has 0 spiro atoms. The van der Waals surface area contributed by atoms with Crippen molar-refractivity contribution in [1.82, 2.24) is 4.90 Å². The van der Waals surface area contributed by atoms with Crippen LogP contribution in [0.25, 0.3) is 0 Å². The Hall–Kier alpha value is -3.22. The largest absolute Gasteiger partial charge is 0.483 e. The molecule has 1 saturated heterocycles. The SMILES string of the molecule is CC1(C)c2cc(C(F)(C(F)(F)F)C(F)(F)F)ccc2C2(CCCO)CN(C(=O)C3CCCCC3)CC12.Cc1ccc(F)cc1.O=CO. The summed E-state index contributed by atoms with van der Waals surface area (Å²) in [5.74, 6) is -0.503. The third kappa shape index (κ3) is 7.44. The Kier molecular flexibility index (Phi) is 11.8. The smallest absolute Gasteiger partial charge is 0.435 e. The number of alkyl halides is 7. The fraction of sp³-hybridized carbons (Fsp3) is 0.588. The second-order valence-corrected chi connectivity index (χ2v) is 13.1. The topological polar surface area (TPSA) is 77.8 Å². The summed E-state index contributed by atoms with van der Waals surface area (Å²) in [4.78, 5) is 23.5. The number of benzene rings is 2. The number of fused-ring (bicyclic) bond motifs is 3. The summed E-state index contributed by atoms with van der Waals surface area (Å²) in [5, 5.41) is 16.4. The number of halogens is 8. The van der Waals surface area contributed by atoms with Gasteiger partial charge in [0, 0.05) is 36.6 Å². The van der Waals surface area contributed by atoms with Gasteiger partial charge in [0.1, 0.15) is 5.82 Å². The number of likely N-dealkylation sites (tertiary alicyclic amines) is 1. The van der Waals surface area contributed by atoms with E-state index in [1.54, 1.807) is 30.9 Å². The number of amides is 1. The van der Waals surface area contributed by atoms with Crippen molar-refractivity contribution >= 4 is 12.4 Å². The van der Waals surface area contributed by atoms with E-state index in [4.69, 9.17) is 9.90 Å². The van der Waals surface area contributed by atoms with Crippen LogP contribution in [-0.2, 0) is 26.1 Å². The van der Waals surface area contributed by atoms with Crippen LogP contribution in [0.1, 0.15) is 81.0 Å². The molecular weight excluding hydrogens is 638 g/mol. The highest BCUT2D eigenvalue weighted by molar-refractivity contribution is 5.80. The molecule has 1 saturated carbocycles. The predicted molar refractivity (Wildman–Crippen MR) is 159 cm³/mol. The molecule has 3 aliphatic rings. The van der Waals surface area contributed by atoms with Gasteiger partial charge in [-0.2, -0.15) is 26.3 Å². The molecule has 2 aromatic carbocycles. The van der Waals surface area contributed by atoms with Crippen LogP contribution in [0.4, 0.5) is 35.1 Å². The average Bonchev–Trinajstić information content (AvgIpc) is 3.49. The number of aliphatic hydroxyl groups excluding tert-OH is 1. The molecule has 0 aromatic heterocycles. The van der Waals surface area contributed by atoms with Crippen LogP contribution in [0.2, 0.25) is 0 Å². The normalized spacial score (nSPS) is 22.3. The van der Waals surface area contributed by atoms with E-state index in [2.05, 4.69) is 0 Å². The first-order valence-electron chi connectivity index (χ1n) is 15.5. The highest BCUT2D eigenvalue weighted by Crippen LogP contribution is 2.61. The zero-order valence-electron chi connectivity index (χ0n) is 26.5. The highest BCUT2D eigenvalue weighted by atomic mass is 19.4. The third-order valence-electron chi connectivity index (χ3n) is 9.90. The molecule has 2 unspecified atom stereocenters. The van der Waals surface area contributed by atoms with E-state index in [0.29, 0.717) is 31.0 Å². The van der Waals surface area contributed by atoms with Gasteiger partial charge in [-0.05, 0) is 67.2 Å². The zero-order valence-corrected chi connectivity index (χ0v) is 26.5. The van der Waals surface area contributed by atoms with E-state index >= 15 is 0 Å². The standard InChI is InChI=1S/C26H32F7NO2.C7H7F.CH2O2/c1-22(2)19-13-17(24(27,25(28,29)30)26(31,32)33)9-10-18(19)23(11-6-12-35)15-34(14-20(22)23)21(36)16-7-4-3-5-8-16;1-6-2-4-7(8)5-3-6;2-1-3/h9-10,13,16,20,35H,3-8,11-12,14-15H2,1-2H3;2-5H,1H3;1H,(H,2,3). The maximum Gasteiger partial charge on any atom is 0.435 e. The van der Waals surface area contributed by atoms with Gasteiger partial charge < -0.3 is 15.1 Å². The number of aliphatic hydroxyl groups is 1. The van der Waals surface area contributed by atoms with Crippen LogP contribution in [0.5, 0.6) is 0 Å². The Morgan fingerprint density at radius 1 is 0.936 bits per heavy atom. The van der Waals surface area contributed by atoms with Gasteiger partial charge in [-0.3, -0.25) is 9.59 Å². The van der Waals surface area contributed by atoms with Crippen molar-refractivity contribution in [2.24, 2.45) is 11.8 Å². The summed E-state index contributed by atoms with van der Waals surface area (Å²) in [5.41, 5.74) is -6.76. The molecule has 13 heteroatoms. The molecular formula is C34H41F8NO4. The Morgan fingerprint density at radius 3 is 1.98 bits per heavy atom. The molecule has 1 amide bonds. The van der Waals surface area contributed by atoms with Crippen molar-refractivity contribution in [2.75, 3.05) is 19.7 Å². The van der Waals surface area contributed by atoms with E-state index in [1.807, 2.05) is 6.92 Å². The fourth-order valence-corrected chi connectivity index (χ4v) is 7.60. The summed E-state index contributed by atoms with van der Waals surface area (Å²) in [6.45, 7) is 5.60. The molecule has 5 nitrogen and oxygen atoms in total. The van der Waals surface area contributed by atoms with Crippen LogP contribution >= 0.6 is 0 Å². The van der Waals surface area contributed by atoms with Crippen molar-refractivity contribution in [3.05, 3.63) is 70.5 Å². The lowest BCUT2D eigenvalue weighted by atomic mass is 9.68. The average molecular weight is 680 g/mol. The number of carboxylic acid groups (broad SMARTS) is 1. The van der Waals surface area contributed by atoms with Gasteiger partial charge in [0.2, 0.25) is 5.91 Å². The molecule has 2 fully saturated rings. The summed E-state index contributed by atoms with van der Waals surface area (Å²) < 4.78 is 108. The molecule has 1 aliphatic heterocycles. The zero-order chi connectivity index (χ0) is 35.4. The van der Waals surface area contributed by atoms with Crippen molar-refractivity contribution in [3.63, 3.8) is 0 Å². The third-order valence-corrected chi connectivity index (χ3v) is 9.90. The number of carbonyl (C=O) groups excluding carboxylic acids is 1. The van der Waals surface area contributed by atoms with Crippen LogP contribution in [0.15, 0.2) is 42.5 Å². The van der Waals surface area contributed by atoms with Crippen molar-refractivity contribution in [3.8, 4) is 0 Å². The van der Waals surface area contributed by atoms with Gasteiger partial charge in [0.25, 0.3) is 6.47 Å². The monoisotopic (exact) mass is 679 g/mol. The minimum atomic E-state index is -6.18. The van der Waals surface area contributed by atoms with E-state index in [1.165, 1.54) is 18.2 Å². The van der Waals surface area contributed by atoms with E-state index in [0.717, 1.165) is 43.7 Å². The summed E-state index contributed by atoms with van der Waals surface area (Å²) in [6.07, 6.45) is -6.95. The maximum atomic E-state index is 14.9. The molecule has 2 aromatic rings. The van der Waals surface area contributed by atoms with Crippen LogP contribution in [0, 0.1) is 24.6 Å². The molecule has 0 radical (unpaired) electrons. The number of carbonyl (C=O) groups is 2. The number of hydrogen-bond donors (Lipinski definition) is 2. The molecule has 47 heavy (non-hydrogen) atoms. The lowest BCUT2D eigenvalue weighted by molar-refractivity contribution is -0.348. The number of hydrogen-bond acceptors (Lipinski definition) is 3. The molecule has 2 atom stereocenters. The number of rotatable bonds is 5. The summed E-state index contributed by atoms with van der Waals surface area (Å²) >= 11 is 0. The Labute approximate surface area is 269 Å². The second kappa shape index (κ2) is 14.5. The van der Waals surface area contributed by atoms with Crippen molar-refractivity contribution in [1.29, 1.82) is 0 Å². The van der Waals surface area contributed by atoms with Gasteiger partial charge in [0.05, 0.1) is 0 Å². The van der Waals surface area contributed by atoms with Crippen LogP contribution in [0.3, 0.4) is 0 Å². The fourth-order valence-electron chi connectivity index (χ4n) is 7.60. The molecule has 2 N–H and O–H groups in total. The van der Waals surface area contributed by atoms with Crippen molar-refractivity contribution < 1.29 is 54.9 Å². The minimum Gasteiger partial charge on any atom is -0.483 e. The van der Waals surface area contributed by atoms with Gasteiger partial charge in [-0.25, -0.2) is 8.78 Å². The summed E-state index contributed by atoms with van der Waals surface area (Å²) in [6, 6.07) is 8.90. The molecule has 5 rings (SSSR count). The number of aryl methyl sites for hydroxylation is 1. The lowest BCUT2D eigenvalue weighted by Crippen LogP contribution is -2.50. The minimum absolute atomic E-state index is 0.0401. The van der Waals surface area contributed by atoms with E-state index < -0.39 is 34.4 Å². The predicted octanol–water partition coefficient (Wildman–Crippen LogP) is 8.15. The van der Waals surface area contributed by atoms with Crippen LogP contribution < -0.4 is 0 Å². The summed E-state index contributed by atoms with van der Waals surface area (Å²) in [7, 11) is 0. The van der Waals surface area contributed by atoms with Gasteiger partial charge >= 0.3 is 18.0 Å². The van der Waals surface area contributed by atoms with Gasteiger partial charge in [0.15, 0.2) is 0 Å². The first kappa shape index (κ1) is 38.2. The highest BCUT2D eigenvalue weighted by Gasteiger charge is 2.74. The first-order chi connectivity index (χ1) is 21.8. The van der Waals surface area contributed by atoms with E-state index in [9.17, 15) is 45.0 Å². The van der Waals surface area contributed by atoms with Gasteiger partial charge in [-0.15, -0.1) is 0 Å².